The molecule has 0 atom stereocenters. The van der Waals surface area contributed by atoms with Crippen molar-refractivity contribution < 1.29 is 14.0 Å². The number of carbonyl (C=O) groups excluding carboxylic acids is 2. The van der Waals surface area contributed by atoms with Gasteiger partial charge in [0.15, 0.2) is 0 Å². The highest BCUT2D eigenvalue weighted by atomic mass is 19.1. The number of piperazine rings is 1. The summed E-state index contributed by atoms with van der Waals surface area (Å²) in [4.78, 5) is 35.2. The van der Waals surface area contributed by atoms with Crippen LogP contribution in [0.1, 0.15) is 21.0 Å². The second kappa shape index (κ2) is 9.47. The molecule has 0 radical (unpaired) electrons. The van der Waals surface area contributed by atoms with Gasteiger partial charge in [-0.05, 0) is 50.5 Å². The van der Waals surface area contributed by atoms with Gasteiger partial charge < -0.3 is 20.0 Å². The predicted octanol–water partition coefficient (Wildman–Crippen LogP) is 1.47. The van der Waals surface area contributed by atoms with Crippen molar-refractivity contribution in [2.75, 3.05) is 58.3 Å². The third kappa shape index (κ3) is 5.51. The fourth-order valence-corrected chi connectivity index (χ4v) is 3.15. The van der Waals surface area contributed by atoms with Gasteiger partial charge in [0.25, 0.3) is 11.8 Å². The van der Waals surface area contributed by atoms with E-state index in [1.165, 1.54) is 12.1 Å². The SMILES string of the molecule is CN(C)CCNC(=O)c1cccc(C(=O)N2CCN(c3ccc(F)cc3)CC2)n1. The van der Waals surface area contributed by atoms with Crippen LogP contribution >= 0.6 is 0 Å². The molecule has 0 spiro atoms. The van der Waals surface area contributed by atoms with Gasteiger partial charge >= 0.3 is 0 Å². The quantitative estimate of drug-likeness (QED) is 0.797. The number of likely N-dealkylation sites (N-methyl/N-ethyl adjacent to an activating group) is 1. The van der Waals surface area contributed by atoms with Gasteiger partial charge in [-0.1, -0.05) is 6.07 Å². The minimum absolute atomic E-state index is 0.188. The number of hydrogen-bond acceptors (Lipinski definition) is 5. The van der Waals surface area contributed by atoms with E-state index in [1.54, 1.807) is 35.2 Å². The van der Waals surface area contributed by atoms with E-state index in [0.717, 1.165) is 12.2 Å². The number of carbonyl (C=O) groups is 2. The lowest BCUT2D eigenvalue weighted by Crippen LogP contribution is -2.49. The molecule has 0 unspecified atom stereocenters. The van der Waals surface area contributed by atoms with Gasteiger partial charge in [0.2, 0.25) is 0 Å². The summed E-state index contributed by atoms with van der Waals surface area (Å²) in [6, 6.07) is 11.3. The normalized spacial score (nSPS) is 14.2. The predicted molar refractivity (Wildman–Crippen MR) is 110 cm³/mol. The first-order valence-corrected chi connectivity index (χ1v) is 9.64. The Hall–Kier alpha value is -3.00. The Morgan fingerprint density at radius 2 is 1.69 bits per heavy atom. The zero-order valence-electron chi connectivity index (χ0n) is 16.8. The van der Waals surface area contributed by atoms with Crippen molar-refractivity contribution in [2.45, 2.75) is 0 Å². The molecular formula is C21H26FN5O2. The number of nitrogens with one attached hydrogen (secondary N) is 1. The number of anilines is 1. The van der Waals surface area contributed by atoms with Crippen LogP contribution in [0, 0.1) is 5.82 Å². The van der Waals surface area contributed by atoms with E-state index < -0.39 is 0 Å². The summed E-state index contributed by atoms with van der Waals surface area (Å²) in [5.74, 6) is -0.742. The zero-order chi connectivity index (χ0) is 20.8. The topological polar surface area (TPSA) is 68.8 Å². The first kappa shape index (κ1) is 20.7. The summed E-state index contributed by atoms with van der Waals surface area (Å²) in [5, 5.41) is 2.80. The maximum absolute atomic E-state index is 13.1. The molecule has 2 amide bonds. The van der Waals surface area contributed by atoms with Gasteiger partial charge in [-0.25, -0.2) is 9.37 Å². The fourth-order valence-electron chi connectivity index (χ4n) is 3.15. The highest BCUT2D eigenvalue weighted by molar-refractivity contribution is 5.96. The van der Waals surface area contributed by atoms with E-state index >= 15 is 0 Å². The molecular weight excluding hydrogens is 373 g/mol. The van der Waals surface area contributed by atoms with Crippen molar-refractivity contribution in [3.8, 4) is 0 Å². The van der Waals surface area contributed by atoms with E-state index in [1.807, 2.05) is 19.0 Å². The summed E-state index contributed by atoms with van der Waals surface area (Å²) in [5.41, 5.74) is 1.44. The van der Waals surface area contributed by atoms with Crippen LogP contribution in [0.25, 0.3) is 0 Å². The van der Waals surface area contributed by atoms with Crippen molar-refractivity contribution in [3.05, 3.63) is 59.7 Å². The third-order valence-electron chi connectivity index (χ3n) is 4.80. The van der Waals surface area contributed by atoms with E-state index in [4.69, 9.17) is 0 Å². The Morgan fingerprint density at radius 1 is 1.03 bits per heavy atom. The monoisotopic (exact) mass is 399 g/mol. The number of benzene rings is 1. The molecule has 7 nitrogen and oxygen atoms in total. The molecule has 3 rings (SSSR count). The molecule has 1 aliphatic rings. The Labute approximate surface area is 170 Å². The maximum atomic E-state index is 13.1. The molecule has 29 heavy (non-hydrogen) atoms. The summed E-state index contributed by atoms with van der Waals surface area (Å²) < 4.78 is 13.1. The van der Waals surface area contributed by atoms with Crippen LogP contribution in [0.2, 0.25) is 0 Å². The molecule has 0 bridgehead atoms. The maximum Gasteiger partial charge on any atom is 0.272 e. The van der Waals surface area contributed by atoms with E-state index in [9.17, 15) is 14.0 Å². The van der Waals surface area contributed by atoms with Crippen LogP contribution in [-0.4, -0.2) is 80.0 Å². The molecule has 1 aromatic carbocycles. The molecule has 2 aromatic rings. The summed E-state index contributed by atoms with van der Waals surface area (Å²) >= 11 is 0. The summed E-state index contributed by atoms with van der Waals surface area (Å²) in [7, 11) is 3.86. The summed E-state index contributed by atoms with van der Waals surface area (Å²) in [6.07, 6.45) is 0. The number of aromatic nitrogens is 1. The van der Waals surface area contributed by atoms with Crippen molar-refractivity contribution in [3.63, 3.8) is 0 Å². The smallest absolute Gasteiger partial charge is 0.272 e. The third-order valence-corrected chi connectivity index (χ3v) is 4.80. The lowest BCUT2D eigenvalue weighted by molar-refractivity contribution is 0.0740. The van der Waals surface area contributed by atoms with Gasteiger partial charge in [0, 0.05) is 45.0 Å². The Balaban J connectivity index is 1.58. The zero-order valence-corrected chi connectivity index (χ0v) is 16.8. The number of hydrogen-bond donors (Lipinski definition) is 1. The lowest BCUT2D eigenvalue weighted by atomic mass is 10.2. The van der Waals surface area contributed by atoms with Gasteiger partial charge in [0.05, 0.1) is 0 Å². The number of pyridine rings is 1. The van der Waals surface area contributed by atoms with Gasteiger partial charge in [-0.2, -0.15) is 0 Å². The van der Waals surface area contributed by atoms with Crippen molar-refractivity contribution >= 4 is 17.5 Å². The van der Waals surface area contributed by atoms with Crippen molar-refractivity contribution in [1.29, 1.82) is 0 Å². The van der Waals surface area contributed by atoms with E-state index in [0.29, 0.717) is 32.7 Å². The standard InChI is InChI=1S/C21H26FN5O2/c1-25(2)11-10-23-20(28)18-4-3-5-19(24-18)21(29)27-14-12-26(13-15-27)17-8-6-16(22)7-9-17/h3-9H,10-15H2,1-2H3,(H,23,28). The minimum Gasteiger partial charge on any atom is -0.368 e. The van der Waals surface area contributed by atoms with E-state index in [-0.39, 0.29) is 29.0 Å². The van der Waals surface area contributed by atoms with E-state index in [2.05, 4.69) is 15.2 Å². The molecule has 2 heterocycles. The van der Waals surface area contributed by atoms with Crippen LogP contribution < -0.4 is 10.2 Å². The minimum atomic E-state index is -0.289. The fraction of sp³-hybridized carbons (Fsp3) is 0.381. The second-order valence-corrected chi connectivity index (χ2v) is 7.22. The highest BCUT2D eigenvalue weighted by Crippen LogP contribution is 2.17. The Morgan fingerprint density at radius 3 is 2.34 bits per heavy atom. The molecule has 0 saturated carbocycles. The Bertz CT molecular complexity index is 848. The van der Waals surface area contributed by atoms with Gasteiger partial charge in [-0.3, -0.25) is 9.59 Å². The molecule has 154 valence electrons. The first-order chi connectivity index (χ1) is 13.9. The average Bonchev–Trinajstić information content (AvgIpc) is 2.73. The first-order valence-electron chi connectivity index (χ1n) is 9.64. The molecule has 1 aromatic heterocycles. The average molecular weight is 399 g/mol. The largest absolute Gasteiger partial charge is 0.368 e. The molecule has 8 heteroatoms. The number of halogens is 1. The Kier molecular flexibility index (Phi) is 6.77. The van der Waals surface area contributed by atoms with Crippen LogP contribution in [-0.2, 0) is 0 Å². The van der Waals surface area contributed by atoms with Crippen LogP contribution in [0.3, 0.4) is 0 Å². The van der Waals surface area contributed by atoms with Gasteiger partial charge in [-0.15, -0.1) is 0 Å². The molecule has 0 aliphatic carbocycles. The van der Waals surface area contributed by atoms with Crippen LogP contribution in [0.5, 0.6) is 0 Å². The lowest BCUT2D eigenvalue weighted by Gasteiger charge is -2.36. The molecule has 1 saturated heterocycles. The number of amides is 2. The molecule has 1 fully saturated rings. The summed E-state index contributed by atoms with van der Waals surface area (Å²) in [6.45, 7) is 3.62. The van der Waals surface area contributed by atoms with Crippen LogP contribution in [0.4, 0.5) is 10.1 Å². The van der Waals surface area contributed by atoms with Crippen molar-refractivity contribution in [2.24, 2.45) is 0 Å². The molecule has 1 N–H and O–H groups in total. The number of nitrogens with zero attached hydrogens (tertiary/aromatic N) is 4. The van der Waals surface area contributed by atoms with Crippen LogP contribution in [0.15, 0.2) is 42.5 Å². The van der Waals surface area contributed by atoms with Gasteiger partial charge in [0.1, 0.15) is 17.2 Å². The second-order valence-electron chi connectivity index (χ2n) is 7.22. The van der Waals surface area contributed by atoms with Crippen molar-refractivity contribution in [1.82, 2.24) is 20.1 Å². The highest BCUT2D eigenvalue weighted by Gasteiger charge is 2.23. The molecule has 1 aliphatic heterocycles. The number of rotatable bonds is 6.